The quantitative estimate of drug-likeness (QED) is 0.571. The molecule has 1 atom stereocenters. The Labute approximate surface area is 90.9 Å². The molecule has 0 aliphatic rings. The third-order valence-corrected chi connectivity index (χ3v) is 2.12. The molecule has 0 fully saturated rings. The highest BCUT2D eigenvalue weighted by atomic mass is 16.3. The van der Waals surface area contributed by atoms with Gasteiger partial charge in [0.05, 0.1) is 18.3 Å². The number of hydrogen-bond donors (Lipinski definition) is 2. The van der Waals surface area contributed by atoms with Crippen molar-refractivity contribution in [3.8, 4) is 0 Å². The Morgan fingerprint density at radius 2 is 2.13 bits per heavy atom. The van der Waals surface area contributed by atoms with Crippen LogP contribution in [0.3, 0.4) is 0 Å². The first-order valence-corrected chi connectivity index (χ1v) is 5.01. The minimum absolute atomic E-state index is 0.420. The molecule has 0 saturated heterocycles. The van der Waals surface area contributed by atoms with Gasteiger partial charge in [-0.15, -0.1) is 0 Å². The van der Waals surface area contributed by atoms with Gasteiger partial charge in [-0.25, -0.2) is 0 Å². The summed E-state index contributed by atoms with van der Waals surface area (Å²) in [6, 6.07) is 8.01. The number of hydrazine groups is 2. The molecule has 0 aliphatic carbocycles. The second-order valence-electron chi connectivity index (χ2n) is 3.84. The molecule has 15 heavy (non-hydrogen) atoms. The first-order valence-electron chi connectivity index (χ1n) is 5.01. The molecule has 4 heteroatoms. The van der Waals surface area contributed by atoms with Crippen LogP contribution < -0.4 is 10.9 Å². The Kier molecular flexibility index (Phi) is 4.08. The molecule has 0 amide bonds. The monoisotopic (exact) mass is 209 g/mol. The van der Waals surface area contributed by atoms with Gasteiger partial charge in [-0.3, -0.25) is 10.9 Å². The van der Waals surface area contributed by atoms with E-state index in [1.165, 1.54) is 10.7 Å². The fraction of sp³-hybridized carbons (Fsp3) is 0.455. The number of rotatable bonds is 4. The Morgan fingerprint density at radius 1 is 1.47 bits per heavy atom. The van der Waals surface area contributed by atoms with Crippen LogP contribution >= 0.6 is 0 Å². The molecule has 0 aromatic heterocycles. The molecule has 4 nitrogen and oxygen atoms in total. The van der Waals surface area contributed by atoms with Gasteiger partial charge in [-0.2, -0.15) is 5.12 Å². The summed E-state index contributed by atoms with van der Waals surface area (Å²) in [5.74, 6) is 5.72. The van der Waals surface area contributed by atoms with E-state index in [0.717, 1.165) is 5.69 Å². The van der Waals surface area contributed by atoms with Crippen molar-refractivity contribution in [1.29, 1.82) is 0 Å². The third kappa shape index (κ3) is 3.51. The van der Waals surface area contributed by atoms with E-state index in [1.54, 1.807) is 14.0 Å². The van der Waals surface area contributed by atoms with E-state index < -0.39 is 6.10 Å². The standard InChI is InChI=1S/C11H19N3O/c1-9-5-4-6-11(7-9)14(13(3)12)8-10(2)15/h4-7,10,15H,8,12H2,1-3H3. The molecule has 0 aliphatic heterocycles. The highest BCUT2D eigenvalue weighted by Gasteiger charge is 2.11. The average molecular weight is 209 g/mol. The minimum Gasteiger partial charge on any atom is -0.392 e. The number of aryl methyl sites for hydroxylation is 1. The maximum absolute atomic E-state index is 9.38. The van der Waals surface area contributed by atoms with Gasteiger partial charge in [0.25, 0.3) is 0 Å². The van der Waals surface area contributed by atoms with E-state index in [9.17, 15) is 5.11 Å². The van der Waals surface area contributed by atoms with Gasteiger partial charge in [0.15, 0.2) is 0 Å². The van der Waals surface area contributed by atoms with Crippen molar-refractivity contribution in [3.63, 3.8) is 0 Å². The van der Waals surface area contributed by atoms with E-state index in [0.29, 0.717) is 6.54 Å². The van der Waals surface area contributed by atoms with E-state index in [4.69, 9.17) is 5.84 Å². The van der Waals surface area contributed by atoms with Crippen molar-refractivity contribution >= 4 is 5.69 Å². The van der Waals surface area contributed by atoms with Crippen LogP contribution in [0.15, 0.2) is 24.3 Å². The number of anilines is 1. The lowest BCUT2D eigenvalue weighted by atomic mass is 10.2. The zero-order valence-electron chi connectivity index (χ0n) is 9.51. The number of nitrogens with two attached hydrogens (primary N) is 1. The molecule has 1 aromatic carbocycles. The second-order valence-corrected chi connectivity index (χ2v) is 3.84. The lowest BCUT2D eigenvalue weighted by Crippen LogP contribution is -2.47. The van der Waals surface area contributed by atoms with E-state index >= 15 is 0 Å². The van der Waals surface area contributed by atoms with Gasteiger partial charge in [-0.05, 0) is 31.5 Å². The lowest BCUT2D eigenvalue weighted by Gasteiger charge is -2.31. The Hall–Kier alpha value is -1.10. The maximum Gasteiger partial charge on any atom is 0.0703 e. The predicted octanol–water partition coefficient (Wildman–Crippen LogP) is 0.903. The summed E-state index contributed by atoms with van der Waals surface area (Å²) in [6.45, 7) is 4.25. The van der Waals surface area contributed by atoms with Crippen molar-refractivity contribution in [2.24, 2.45) is 5.84 Å². The van der Waals surface area contributed by atoms with Gasteiger partial charge in [0, 0.05) is 7.05 Å². The van der Waals surface area contributed by atoms with Gasteiger partial charge in [0.1, 0.15) is 0 Å². The first-order chi connectivity index (χ1) is 7.00. The summed E-state index contributed by atoms with van der Waals surface area (Å²) in [4.78, 5) is 0. The molecule has 3 N–H and O–H groups in total. The van der Waals surface area contributed by atoms with Crippen molar-refractivity contribution in [3.05, 3.63) is 29.8 Å². The Bertz CT molecular complexity index is 312. The molecule has 1 unspecified atom stereocenters. The SMILES string of the molecule is Cc1cccc(N(CC(C)O)N(C)N)c1. The Morgan fingerprint density at radius 3 is 2.60 bits per heavy atom. The third-order valence-electron chi connectivity index (χ3n) is 2.12. The second kappa shape index (κ2) is 5.11. The predicted molar refractivity (Wildman–Crippen MR) is 62.2 cm³/mol. The maximum atomic E-state index is 9.38. The number of nitrogens with zero attached hydrogens (tertiary/aromatic N) is 2. The van der Waals surface area contributed by atoms with Crippen LogP contribution in [0.25, 0.3) is 0 Å². The molecule has 84 valence electrons. The lowest BCUT2D eigenvalue weighted by molar-refractivity contribution is 0.173. The highest BCUT2D eigenvalue weighted by molar-refractivity contribution is 5.47. The molecule has 0 heterocycles. The number of hydrogen-bond acceptors (Lipinski definition) is 4. The molecule has 1 rings (SSSR count). The number of aliphatic hydroxyl groups excluding tert-OH is 1. The summed E-state index contributed by atoms with van der Waals surface area (Å²) in [5.41, 5.74) is 2.16. The summed E-state index contributed by atoms with van der Waals surface area (Å²) in [6.07, 6.45) is -0.420. The van der Waals surface area contributed by atoms with Crippen molar-refractivity contribution in [2.45, 2.75) is 20.0 Å². The van der Waals surface area contributed by atoms with Crippen LogP contribution in [0.2, 0.25) is 0 Å². The fourth-order valence-electron chi connectivity index (χ4n) is 1.46. The molecule has 1 aromatic rings. The Balaban J connectivity index is 2.88. The van der Waals surface area contributed by atoms with E-state index in [-0.39, 0.29) is 0 Å². The van der Waals surface area contributed by atoms with Crippen LogP contribution in [0.4, 0.5) is 5.69 Å². The van der Waals surface area contributed by atoms with Crippen LogP contribution in [-0.2, 0) is 0 Å². The van der Waals surface area contributed by atoms with Gasteiger partial charge in [-0.1, -0.05) is 12.1 Å². The summed E-state index contributed by atoms with van der Waals surface area (Å²) >= 11 is 0. The van der Waals surface area contributed by atoms with E-state index in [2.05, 4.69) is 0 Å². The van der Waals surface area contributed by atoms with Gasteiger partial charge < -0.3 is 5.11 Å². The zero-order valence-corrected chi connectivity index (χ0v) is 9.51. The summed E-state index contributed by atoms with van der Waals surface area (Å²) in [5, 5.41) is 12.7. The molecule has 0 bridgehead atoms. The number of benzene rings is 1. The molecule has 0 spiro atoms. The minimum atomic E-state index is -0.420. The topological polar surface area (TPSA) is 52.7 Å². The van der Waals surface area contributed by atoms with Crippen LogP contribution in [0.5, 0.6) is 0 Å². The summed E-state index contributed by atoms with van der Waals surface area (Å²) < 4.78 is 0. The largest absolute Gasteiger partial charge is 0.392 e. The molecule has 0 saturated carbocycles. The normalized spacial score (nSPS) is 12.9. The molecule has 0 radical (unpaired) electrons. The number of aliphatic hydroxyl groups is 1. The highest BCUT2D eigenvalue weighted by Crippen LogP contribution is 2.16. The van der Waals surface area contributed by atoms with Crippen molar-refractivity contribution < 1.29 is 5.11 Å². The fourth-order valence-corrected chi connectivity index (χ4v) is 1.46. The van der Waals surface area contributed by atoms with Gasteiger partial charge >= 0.3 is 0 Å². The van der Waals surface area contributed by atoms with Crippen LogP contribution in [0.1, 0.15) is 12.5 Å². The molecular weight excluding hydrogens is 190 g/mol. The zero-order chi connectivity index (χ0) is 11.4. The summed E-state index contributed by atoms with van der Waals surface area (Å²) in [7, 11) is 1.75. The van der Waals surface area contributed by atoms with Crippen LogP contribution in [0, 0.1) is 6.92 Å². The van der Waals surface area contributed by atoms with Gasteiger partial charge in [0.2, 0.25) is 0 Å². The molecular formula is C11H19N3O. The smallest absolute Gasteiger partial charge is 0.0703 e. The van der Waals surface area contributed by atoms with Crippen LogP contribution in [-0.4, -0.2) is 29.9 Å². The van der Waals surface area contributed by atoms with E-state index in [1.807, 2.05) is 36.2 Å². The van der Waals surface area contributed by atoms with Crippen molar-refractivity contribution in [2.75, 3.05) is 18.6 Å². The van der Waals surface area contributed by atoms with Crippen molar-refractivity contribution in [1.82, 2.24) is 5.12 Å². The first kappa shape index (κ1) is 12.0. The average Bonchev–Trinajstić information content (AvgIpc) is 2.13.